The number of rotatable bonds is 8. The summed E-state index contributed by atoms with van der Waals surface area (Å²) in [6.45, 7) is 6.90. The van der Waals surface area contributed by atoms with Crippen molar-refractivity contribution >= 4 is 6.03 Å². The van der Waals surface area contributed by atoms with Crippen LogP contribution < -0.4 is 10.1 Å². The zero-order valence-corrected chi connectivity index (χ0v) is 18.4. The number of amides is 2. The Kier molecular flexibility index (Phi) is 7.28. The molecule has 164 valence electrons. The van der Waals surface area contributed by atoms with E-state index < -0.39 is 0 Å². The van der Waals surface area contributed by atoms with Crippen LogP contribution in [-0.4, -0.2) is 33.3 Å². The van der Waals surface area contributed by atoms with Gasteiger partial charge in [0.1, 0.15) is 17.3 Å². The average Bonchev–Trinajstić information content (AvgIpc) is 3.07. The molecular weight excluding hydrogens is 395 g/mol. The fraction of sp³-hybridized carbons (Fsp3) is 0.333. The maximum absolute atomic E-state index is 13.3. The van der Waals surface area contributed by atoms with Gasteiger partial charge in [0, 0.05) is 25.2 Å². The molecule has 31 heavy (non-hydrogen) atoms. The van der Waals surface area contributed by atoms with Gasteiger partial charge in [-0.15, -0.1) is 0 Å². The van der Waals surface area contributed by atoms with Gasteiger partial charge in [-0.1, -0.05) is 37.3 Å². The Morgan fingerprint density at radius 3 is 2.45 bits per heavy atom. The SMILES string of the molecule is CCCNC(=O)N(Cc1c(-c2ccccc2)nn(C)c1Oc1ccc(F)cc1)C(C)C. The normalized spacial score (nSPS) is 10.9. The molecule has 2 aromatic carbocycles. The summed E-state index contributed by atoms with van der Waals surface area (Å²) in [5.74, 6) is 0.678. The molecule has 0 aliphatic heterocycles. The minimum atomic E-state index is -0.332. The summed E-state index contributed by atoms with van der Waals surface area (Å²) in [7, 11) is 1.80. The van der Waals surface area contributed by atoms with Gasteiger partial charge in [-0.2, -0.15) is 5.10 Å². The number of nitrogens with zero attached hydrogens (tertiary/aromatic N) is 3. The molecule has 1 heterocycles. The lowest BCUT2D eigenvalue weighted by atomic mass is 10.1. The zero-order chi connectivity index (χ0) is 22.4. The molecule has 0 bridgehead atoms. The van der Waals surface area contributed by atoms with E-state index in [1.807, 2.05) is 51.1 Å². The van der Waals surface area contributed by atoms with E-state index in [1.54, 1.807) is 28.8 Å². The molecular formula is C24H29FN4O2. The molecule has 0 saturated carbocycles. The number of aryl methyl sites for hydroxylation is 1. The predicted octanol–water partition coefficient (Wildman–Crippen LogP) is 5.35. The maximum atomic E-state index is 13.3. The zero-order valence-electron chi connectivity index (χ0n) is 18.4. The smallest absolute Gasteiger partial charge is 0.317 e. The molecule has 0 atom stereocenters. The first-order valence-corrected chi connectivity index (χ1v) is 10.5. The van der Waals surface area contributed by atoms with Gasteiger partial charge in [0.05, 0.1) is 12.1 Å². The molecule has 1 N–H and O–H groups in total. The molecule has 0 radical (unpaired) electrons. The largest absolute Gasteiger partial charge is 0.439 e. The number of urea groups is 1. The summed E-state index contributed by atoms with van der Waals surface area (Å²) in [5.41, 5.74) is 2.47. The van der Waals surface area contributed by atoms with Gasteiger partial charge < -0.3 is 15.0 Å². The number of nitrogens with one attached hydrogen (secondary N) is 1. The van der Waals surface area contributed by atoms with Crippen molar-refractivity contribution in [2.75, 3.05) is 6.54 Å². The Hall–Kier alpha value is -3.35. The molecule has 0 aliphatic carbocycles. The van der Waals surface area contributed by atoms with Crippen LogP contribution in [0, 0.1) is 5.82 Å². The number of aromatic nitrogens is 2. The third-order valence-electron chi connectivity index (χ3n) is 4.90. The first-order chi connectivity index (χ1) is 14.9. The van der Waals surface area contributed by atoms with Crippen molar-refractivity contribution in [2.24, 2.45) is 7.05 Å². The standard InChI is InChI=1S/C24H29FN4O2/c1-5-15-26-24(30)29(17(2)3)16-21-22(18-9-7-6-8-10-18)27-28(4)23(21)31-20-13-11-19(25)12-14-20/h6-14,17H,5,15-16H2,1-4H3,(H,26,30). The van der Waals surface area contributed by atoms with Gasteiger partial charge >= 0.3 is 6.03 Å². The number of halogens is 1. The Morgan fingerprint density at radius 2 is 1.84 bits per heavy atom. The topological polar surface area (TPSA) is 59.4 Å². The molecule has 0 fully saturated rings. The number of ether oxygens (including phenoxy) is 1. The van der Waals surface area contributed by atoms with Crippen molar-refractivity contribution in [3.8, 4) is 22.9 Å². The first kappa shape index (κ1) is 22.3. The molecule has 3 rings (SSSR count). The van der Waals surface area contributed by atoms with E-state index in [0.717, 1.165) is 23.2 Å². The van der Waals surface area contributed by atoms with E-state index in [0.29, 0.717) is 24.7 Å². The Bertz CT molecular complexity index is 1000. The highest BCUT2D eigenvalue weighted by Gasteiger charge is 2.25. The van der Waals surface area contributed by atoms with Crippen LogP contribution in [0.3, 0.4) is 0 Å². The fourth-order valence-corrected chi connectivity index (χ4v) is 3.26. The quantitative estimate of drug-likeness (QED) is 0.530. The lowest BCUT2D eigenvalue weighted by molar-refractivity contribution is 0.179. The van der Waals surface area contributed by atoms with Crippen molar-refractivity contribution in [3.05, 3.63) is 66.0 Å². The van der Waals surface area contributed by atoms with Gasteiger partial charge in [0.2, 0.25) is 5.88 Å². The predicted molar refractivity (Wildman–Crippen MR) is 119 cm³/mol. The molecule has 0 spiro atoms. The highest BCUT2D eigenvalue weighted by molar-refractivity contribution is 5.75. The summed E-state index contributed by atoms with van der Waals surface area (Å²) in [5, 5.41) is 7.64. The summed E-state index contributed by atoms with van der Waals surface area (Å²) < 4.78 is 21.1. The molecule has 0 saturated heterocycles. The molecule has 0 aliphatic rings. The van der Waals surface area contributed by atoms with Crippen LogP contribution in [0.4, 0.5) is 9.18 Å². The fourth-order valence-electron chi connectivity index (χ4n) is 3.26. The van der Waals surface area contributed by atoms with Crippen molar-refractivity contribution in [1.29, 1.82) is 0 Å². The van der Waals surface area contributed by atoms with Crippen molar-refractivity contribution in [1.82, 2.24) is 20.0 Å². The van der Waals surface area contributed by atoms with Gasteiger partial charge in [-0.05, 0) is 44.5 Å². The molecule has 3 aromatic rings. The minimum absolute atomic E-state index is 0.0284. The van der Waals surface area contributed by atoms with Crippen LogP contribution in [-0.2, 0) is 13.6 Å². The number of carbonyl (C=O) groups excluding carboxylic acids is 1. The van der Waals surface area contributed by atoms with Crippen LogP contribution in [0.15, 0.2) is 54.6 Å². The van der Waals surface area contributed by atoms with Gasteiger partial charge in [-0.25, -0.2) is 13.9 Å². The van der Waals surface area contributed by atoms with E-state index in [2.05, 4.69) is 10.4 Å². The van der Waals surface area contributed by atoms with Gasteiger partial charge in [0.15, 0.2) is 0 Å². The Morgan fingerprint density at radius 1 is 1.16 bits per heavy atom. The molecule has 6 nitrogen and oxygen atoms in total. The van der Waals surface area contributed by atoms with E-state index in [1.165, 1.54) is 12.1 Å². The van der Waals surface area contributed by atoms with Crippen molar-refractivity contribution < 1.29 is 13.9 Å². The third kappa shape index (κ3) is 5.42. The second-order valence-electron chi connectivity index (χ2n) is 7.63. The van der Waals surface area contributed by atoms with E-state index >= 15 is 0 Å². The second kappa shape index (κ2) is 10.1. The number of benzene rings is 2. The molecule has 2 amide bonds. The van der Waals surface area contributed by atoms with Gasteiger partial charge in [-0.3, -0.25) is 0 Å². The van der Waals surface area contributed by atoms with E-state index in [4.69, 9.17) is 4.74 Å². The average molecular weight is 425 g/mol. The van der Waals surface area contributed by atoms with Crippen molar-refractivity contribution in [3.63, 3.8) is 0 Å². The Labute approximate surface area is 182 Å². The highest BCUT2D eigenvalue weighted by atomic mass is 19.1. The summed E-state index contributed by atoms with van der Waals surface area (Å²) in [6, 6.07) is 15.5. The summed E-state index contributed by atoms with van der Waals surface area (Å²) in [4.78, 5) is 14.6. The third-order valence-corrected chi connectivity index (χ3v) is 4.90. The van der Waals surface area contributed by atoms with Crippen LogP contribution in [0.5, 0.6) is 11.6 Å². The Balaban J connectivity index is 2.03. The number of hydrogen-bond donors (Lipinski definition) is 1. The minimum Gasteiger partial charge on any atom is -0.439 e. The van der Waals surface area contributed by atoms with Gasteiger partial charge in [0.25, 0.3) is 0 Å². The molecule has 0 unspecified atom stereocenters. The van der Waals surface area contributed by atoms with Crippen LogP contribution in [0.25, 0.3) is 11.3 Å². The summed E-state index contributed by atoms with van der Waals surface area (Å²) in [6.07, 6.45) is 0.860. The maximum Gasteiger partial charge on any atom is 0.317 e. The van der Waals surface area contributed by atoms with Crippen LogP contribution in [0.2, 0.25) is 0 Å². The summed E-state index contributed by atoms with van der Waals surface area (Å²) >= 11 is 0. The van der Waals surface area contributed by atoms with Crippen molar-refractivity contribution in [2.45, 2.75) is 39.8 Å². The van der Waals surface area contributed by atoms with E-state index in [9.17, 15) is 9.18 Å². The second-order valence-corrected chi connectivity index (χ2v) is 7.63. The lowest BCUT2D eigenvalue weighted by Gasteiger charge is -2.27. The monoisotopic (exact) mass is 424 g/mol. The highest BCUT2D eigenvalue weighted by Crippen LogP contribution is 2.34. The van der Waals surface area contributed by atoms with Crippen LogP contribution >= 0.6 is 0 Å². The molecule has 1 aromatic heterocycles. The molecule has 7 heteroatoms. The first-order valence-electron chi connectivity index (χ1n) is 10.5. The number of carbonyl (C=O) groups is 1. The van der Waals surface area contributed by atoms with Crippen LogP contribution in [0.1, 0.15) is 32.8 Å². The lowest BCUT2D eigenvalue weighted by Crippen LogP contribution is -2.43. The number of hydrogen-bond acceptors (Lipinski definition) is 3. The van der Waals surface area contributed by atoms with E-state index in [-0.39, 0.29) is 17.9 Å².